The fourth-order valence-corrected chi connectivity index (χ4v) is 5.52. The van der Waals surface area contributed by atoms with E-state index in [-0.39, 0.29) is 10.7 Å². The summed E-state index contributed by atoms with van der Waals surface area (Å²) in [6.45, 7) is 8.27. The number of pyridine rings is 1. The Balaban J connectivity index is 1.19. The van der Waals surface area contributed by atoms with Gasteiger partial charge in [0, 0.05) is 60.5 Å². The molecule has 0 unspecified atom stereocenters. The van der Waals surface area contributed by atoms with Gasteiger partial charge in [-0.25, -0.2) is 18.1 Å². The number of allylic oxidation sites excluding steroid dienone is 1. The van der Waals surface area contributed by atoms with Crippen molar-refractivity contribution in [3.8, 4) is 0 Å². The maximum atomic E-state index is 14.6. The number of hydrogen-bond acceptors (Lipinski definition) is 5. The van der Waals surface area contributed by atoms with Gasteiger partial charge in [0.15, 0.2) is 0 Å². The summed E-state index contributed by atoms with van der Waals surface area (Å²) in [5.74, 6) is -2.84. The summed E-state index contributed by atoms with van der Waals surface area (Å²) in [5.41, 5.74) is 2.38. The molecule has 2 aromatic rings. The van der Waals surface area contributed by atoms with Crippen LogP contribution in [0.5, 0.6) is 0 Å². The van der Waals surface area contributed by atoms with Crippen LogP contribution in [0.15, 0.2) is 53.6 Å². The van der Waals surface area contributed by atoms with E-state index in [0.29, 0.717) is 18.7 Å². The van der Waals surface area contributed by atoms with E-state index in [1.165, 1.54) is 34.8 Å². The lowest BCUT2D eigenvalue weighted by Crippen LogP contribution is -2.43. The molecule has 0 radical (unpaired) electrons. The molecule has 170 valence electrons. The Hall–Kier alpha value is -1.83. The molecule has 3 aliphatic rings. The van der Waals surface area contributed by atoms with Crippen LogP contribution in [0.3, 0.4) is 0 Å². The molecule has 0 bridgehead atoms. The van der Waals surface area contributed by atoms with Crippen LogP contribution in [0.4, 0.5) is 20.3 Å². The molecule has 8 heteroatoms. The van der Waals surface area contributed by atoms with Crippen molar-refractivity contribution in [1.82, 2.24) is 9.29 Å². The summed E-state index contributed by atoms with van der Waals surface area (Å²) in [4.78, 5) is 9.87. The van der Waals surface area contributed by atoms with Gasteiger partial charge in [-0.1, -0.05) is 18.2 Å². The largest absolute Gasteiger partial charge is 0.354 e. The van der Waals surface area contributed by atoms with E-state index in [0.717, 1.165) is 39.1 Å². The molecule has 5 rings (SSSR count). The number of aromatic nitrogens is 1. The van der Waals surface area contributed by atoms with Crippen molar-refractivity contribution < 1.29 is 8.78 Å². The van der Waals surface area contributed by atoms with Gasteiger partial charge in [0.1, 0.15) is 11.0 Å². The van der Waals surface area contributed by atoms with Crippen molar-refractivity contribution in [2.45, 2.75) is 36.5 Å². The molecular formula is C24H27ClF2N4S. The van der Waals surface area contributed by atoms with Crippen LogP contribution in [0.1, 0.15) is 31.2 Å². The zero-order valence-electron chi connectivity index (χ0n) is 17.9. The first-order valence-electron chi connectivity index (χ1n) is 11.2. The van der Waals surface area contributed by atoms with Gasteiger partial charge >= 0.3 is 0 Å². The van der Waals surface area contributed by atoms with E-state index in [1.54, 1.807) is 11.9 Å². The second-order valence-electron chi connectivity index (χ2n) is 8.76. The first-order chi connectivity index (χ1) is 15.4. The van der Waals surface area contributed by atoms with Crippen molar-refractivity contribution in [3.05, 3.63) is 59.4 Å². The van der Waals surface area contributed by atoms with Gasteiger partial charge in [0.05, 0.1) is 0 Å². The third-order valence-corrected chi connectivity index (χ3v) is 7.73. The first-order valence-corrected chi connectivity index (χ1v) is 12.3. The van der Waals surface area contributed by atoms with Crippen molar-refractivity contribution in [2.75, 3.05) is 42.5 Å². The number of hydrogen-bond donors (Lipinski definition) is 0. The minimum absolute atomic E-state index is 0.00687. The summed E-state index contributed by atoms with van der Waals surface area (Å²) in [5, 5.41) is 0.135. The number of piperazine rings is 1. The molecule has 1 aromatic heterocycles. The smallest absolute Gasteiger partial charge is 0.276 e. The van der Waals surface area contributed by atoms with E-state index < -0.39 is 11.8 Å². The van der Waals surface area contributed by atoms with Crippen molar-refractivity contribution in [3.63, 3.8) is 0 Å². The zero-order valence-corrected chi connectivity index (χ0v) is 19.5. The maximum Gasteiger partial charge on any atom is 0.276 e. The number of halogens is 3. The quantitative estimate of drug-likeness (QED) is 0.366. The molecule has 3 fully saturated rings. The molecule has 0 N–H and O–H groups in total. The van der Waals surface area contributed by atoms with Crippen molar-refractivity contribution >= 4 is 35.1 Å². The standard InChI is InChI=1S/C24H27ClF2N4S/c1-17-3-2-10-31(17)20-6-8-21(9-7-20)32-30-13-11-29(12-14-30)23-16-19(15-22(25)28-23)24(26,27)18-4-5-18/h6-9,15-16,18H,1-5,10-14H2. The second-order valence-corrected chi connectivity index (χ2v) is 10.3. The van der Waals surface area contributed by atoms with Crippen LogP contribution in [-0.2, 0) is 5.92 Å². The summed E-state index contributed by atoms with van der Waals surface area (Å²) in [7, 11) is 0. The Kier molecular flexibility index (Phi) is 6.07. The van der Waals surface area contributed by atoms with Crippen LogP contribution in [0, 0.1) is 5.92 Å². The number of alkyl halides is 2. The lowest BCUT2D eigenvalue weighted by atomic mass is 10.1. The summed E-state index contributed by atoms with van der Waals surface area (Å²) < 4.78 is 31.5. The Morgan fingerprint density at radius 2 is 1.75 bits per heavy atom. The highest BCUT2D eigenvalue weighted by atomic mass is 35.5. The molecule has 1 saturated carbocycles. The lowest BCUT2D eigenvalue weighted by Gasteiger charge is -2.35. The Labute approximate surface area is 197 Å². The first kappa shape index (κ1) is 22.0. The summed E-state index contributed by atoms with van der Waals surface area (Å²) in [6, 6.07) is 11.5. The second kappa shape index (κ2) is 8.84. The highest BCUT2D eigenvalue weighted by molar-refractivity contribution is 7.97. The highest BCUT2D eigenvalue weighted by Crippen LogP contribution is 2.50. The molecular weight excluding hydrogens is 450 g/mol. The molecule has 4 nitrogen and oxygen atoms in total. The average molecular weight is 477 g/mol. The number of benzene rings is 1. The van der Waals surface area contributed by atoms with E-state index in [4.69, 9.17) is 11.6 Å². The molecule has 1 aliphatic carbocycles. The predicted molar refractivity (Wildman–Crippen MR) is 128 cm³/mol. The SMILES string of the molecule is C=C1CCCN1c1ccc(SN2CCN(c3cc(C(F)(F)C4CC4)cc(Cl)n3)CC2)cc1. The van der Waals surface area contributed by atoms with Crippen molar-refractivity contribution in [2.24, 2.45) is 5.92 Å². The summed E-state index contributed by atoms with van der Waals surface area (Å²) >= 11 is 7.85. The molecule has 2 saturated heterocycles. The molecule has 0 spiro atoms. The Bertz CT molecular complexity index is 988. The molecule has 3 heterocycles. The van der Waals surface area contributed by atoms with Gasteiger partial charge in [-0.05, 0) is 74.0 Å². The minimum Gasteiger partial charge on any atom is -0.354 e. The third kappa shape index (κ3) is 4.61. The van der Waals surface area contributed by atoms with Gasteiger partial charge in [0.25, 0.3) is 5.92 Å². The topological polar surface area (TPSA) is 22.6 Å². The van der Waals surface area contributed by atoms with Gasteiger partial charge in [-0.2, -0.15) is 0 Å². The molecule has 2 aliphatic heterocycles. The molecule has 32 heavy (non-hydrogen) atoms. The Morgan fingerprint density at radius 1 is 1.03 bits per heavy atom. The van der Waals surface area contributed by atoms with Crippen LogP contribution in [-0.4, -0.2) is 42.0 Å². The number of rotatable bonds is 6. The van der Waals surface area contributed by atoms with E-state index in [2.05, 4.69) is 49.9 Å². The molecule has 0 amide bonds. The maximum absolute atomic E-state index is 14.6. The average Bonchev–Trinajstić information content (AvgIpc) is 3.57. The van der Waals surface area contributed by atoms with E-state index >= 15 is 0 Å². The van der Waals surface area contributed by atoms with Gasteiger partial charge < -0.3 is 9.80 Å². The summed E-state index contributed by atoms with van der Waals surface area (Å²) in [6.07, 6.45) is 3.39. The Morgan fingerprint density at radius 3 is 2.38 bits per heavy atom. The van der Waals surface area contributed by atoms with E-state index in [1.807, 2.05) is 0 Å². The van der Waals surface area contributed by atoms with Gasteiger partial charge in [-0.3, -0.25) is 0 Å². The van der Waals surface area contributed by atoms with Gasteiger partial charge in [0.2, 0.25) is 0 Å². The van der Waals surface area contributed by atoms with Crippen LogP contribution >= 0.6 is 23.5 Å². The third-order valence-electron chi connectivity index (χ3n) is 6.43. The number of anilines is 2. The molecule has 1 aromatic carbocycles. The van der Waals surface area contributed by atoms with Crippen LogP contribution < -0.4 is 9.80 Å². The highest BCUT2D eigenvalue weighted by Gasteiger charge is 2.48. The van der Waals surface area contributed by atoms with Crippen LogP contribution in [0.2, 0.25) is 5.15 Å². The lowest BCUT2D eigenvalue weighted by molar-refractivity contribution is -0.0285. The minimum atomic E-state index is -2.83. The van der Waals surface area contributed by atoms with Crippen molar-refractivity contribution in [1.29, 1.82) is 0 Å². The van der Waals surface area contributed by atoms with Crippen LogP contribution in [0.25, 0.3) is 0 Å². The number of nitrogens with zero attached hydrogens (tertiary/aromatic N) is 4. The predicted octanol–water partition coefficient (Wildman–Crippen LogP) is 6.18. The molecule has 0 atom stereocenters. The fraction of sp³-hybridized carbons (Fsp3) is 0.458. The van der Waals surface area contributed by atoms with Gasteiger partial charge in [-0.15, -0.1) is 0 Å². The normalized spacial score (nSPS) is 20.3. The monoisotopic (exact) mass is 476 g/mol. The fourth-order valence-electron chi connectivity index (χ4n) is 4.41. The van der Waals surface area contributed by atoms with E-state index in [9.17, 15) is 8.78 Å². The zero-order chi connectivity index (χ0) is 22.3.